The molecule has 1 aromatic heterocycles. The fourth-order valence-corrected chi connectivity index (χ4v) is 3.33. The minimum Gasteiger partial charge on any atom is -0.480 e. The summed E-state index contributed by atoms with van der Waals surface area (Å²) in [4.78, 5) is 16.7. The molecule has 0 fully saturated rings. The van der Waals surface area contributed by atoms with Crippen molar-refractivity contribution >= 4 is 23.7 Å². The van der Waals surface area contributed by atoms with E-state index in [9.17, 15) is 4.79 Å². The first kappa shape index (κ1) is 21.1. The number of pyridine rings is 1. The van der Waals surface area contributed by atoms with E-state index in [-0.39, 0.29) is 17.2 Å². The van der Waals surface area contributed by atoms with Crippen LogP contribution >= 0.6 is 11.6 Å². The summed E-state index contributed by atoms with van der Waals surface area (Å²) in [6.07, 6.45) is 5.46. The number of benzene rings is 1. The van der Waals surface area contributed by atoms with Crippen LogP contribution in [0.25, 0.3) is 0 Å². The number of carbonyl (C=O) groups excluding carboxylic acids is 1. The number of hydrogen-bond donors (Lipinski definition) is 1. The van der Waals surface area contributed by atoms with Crippen molar-refractivity contribution in [3.05, 3.63) is 70.4 Å². The predicted octanol–water partition coefficient (Wildman–Crippen LogP) is 4.85. The maximum Gasteiger partial charge on any atom is 0.255 e. The highest BCUT2D eigenvalue weighted by atomic mass is 35.5. The van der Waals surface area contributed by atoms with Crippen molar-refractivity contribution < 1.29 is 9.53 Å². The van der Waals surface area contributed by atoms with Crippen LogP contribution in [0.4, 0.5) is 0 Å². The van der Waals surface area contributed by atoms with Gasteiger partial charge in [0, 0.05) is 12.1 Å². The molecular weight excluding hydrogens is 386 g/mol. The predicted molar refractivity (Wildman–Crippen MR) is 117 cm³/mol. The molecule has 0 aliphatic carbocycles. The van der Waals surface area contributed by atoms with E-state index in [2.05, 4.69) is 60.5 Å². The fourth-order valence-electron chi connectivity index (χ4n) is 3.14. The fraction of sp³-hybridized carbons (Fsp3) is 0.348. The van der Waals surface area contributed by atoms with Gasteiger partial charge in [-0.2, -0.15) is 5.10 Å². The van der Waals surface area contributed by atoms with Gasteiger partial charge in [-0.05, 0) is 35.6 Å². The summed E-state index contributed by atoms with van der Waals surface area (Å²) in [5.41, 5.74) is 4.86. The molecule has 5 nitrogen and oxygen atoms in total. The largest absolute Gasteiger partial charge is 0.480 e. The number of aromatic nitrogens is 1. The third-order valence-electron chi connectivity index (χ3n) is 5.11. The Morgan fingerprint density at radius 2 is 1.86 bits per heavy atom. The lowest BCUT2D eigenvalue weighted by Gasteiger charge is -2.21. The second-order valence-corrected chi connectivity index (χ2v) is 8.83. The number of methoxy groups -OCH3 is 1. The van der Waals surface area contributed by atoms with E-state index >= 15 is 0 Å². The van der Waals surface area contributed by atoms with Crippen molar-refractivity contribution in [3.8, 4) is 5.88 Å². The van der Waals surface area contributed by atoms with Crippen molar-refractivity contribution in [3.63, 3.8) is 0 Å². The van der Waals surface area contributed by atoms with Gasteiger partial charge < -0.3 is 4.74 Å². The van der Waals surface area contributed by atoms with E-state index in [4.69, 9.17) is 16.3 Å². The normalized spacial score (nSPS) is 20.1. The minimum atomic E-state index is -0.792. The first-order chi connectivity index (χ1) is 13.6. The van der Waals surface area contributed by atoms with Gasteiger partial charge in [0.2, 0.25) is 5.88 Å². The van der Waals surface area contributed by atoms with Crippen molar-refractivity contribution in [1.82, 2.24) is 10.4 Å². The molecule has 2 unspecified atom stereocenters. The number of amides is 1. The summed E-state index contributed by atoms with van der Waals surface area (Å²) in [5.74, 6) is 0.0475. The van der Waals surface area contributed by atoms with Crippen LogP contribution in [0, 0.1) is 5.41 Å². The van der Waals surface area contributed by atoms with E-state index < -0.39 is 5.41 Å². The Bertz CT molecular complexity index is 961. The Hall–Kier alpha value is -2.66. The Morgan fingerprint density at radius 3 is 2.41 bits per heavy atom. The Labute approximate surface area is 176 Å². The highest BCUT2D eigenvalue weighted by Gasteiger charge is 2.33. The number of hydrogen-bond acceptors (Lipinski definition) is 4. The van der Waals surface area contributed by atoms with Gasteiger partial charge in [-0.15, -0.1) is 0 Å². The average Bonchev–Trinajstić information content (AvgIpc) is 3.01. The molecule has 29 heavy (non-hydrogen) atoms. The van der Waals surface area contributed by atoms with Crippen molar-refractivity contribution in [1.29, 1.82) is 0 Å². The third-order valence-corrected chi connectivity index (χ3v) is 5.39. The van der Waals surface area contributed by atoms with Crippen LogP contribution in [0.3, 0.4) is 0 Å². The standard InChI is InChI=1S/C23H26ClN3O2/c1-22(2,3)16-8-6-15(7-9-16)17(12-13-23(4)14-25-27-21(23)28)19-11-10-18(24)20(26-19)29-5/h6-14,17H,1-5H3,(H,27,28)/b13-12+. The summed E-state index contributed by atoms with van der Waals surface area (Å²) < 4.78 is 5.30. The summed E-state index contributed by atoms with van der Waals surface area (Å²) in [5, 5.41) is 4.34. The van der Waals surface area contributed by atoms with Crippen LogP contribution in [-0.4, -0.2) is 24.2 Å². The van der Waals surface area contributed by atoms with Crippen molar-refractivity contribution in [2.75, 3.05) is 7.11 Å². The number of nitrogens with zero attached hydrogens (tertiary/aromatic N) is 2. The van der Waals surface area contributed by atoms with Gasteiger partial charge in [-0.1, -0.05) is 68.8 Å². The molecule has 1 amide bonds. The SMILES string of the molecule is COc1nc(C(/C=C/C2(C)C=NNC2=O)c2ccc(C(C)(C)C)cc2)ccc1Cl. The van der Waals surface area contributed by atoms with E-state index in [1.54, 1.807) is 19.4 Å². The molecule has 1 aliphatic rings. The van der Waals surface area contributed by atoms with E-state index in [0.29, 0.717) is 10.9 Å². The maximum absolute atomic E-state index is 12.1. The van der Waals surface area contributed by atoms with E-state index in [1.165, 1.54) is 5.56 Å². The van der Waals surface area contributed by atoms with Crippen LogP contribution in [-0.2, 0) is 10.2 Å². The zero-order chi connectivity index (χ0) is 21.2. The molecule has 0 saturated heterocycles. The molecule has 0 bridgehead atoms. The van der Waals surface area contributed by atoms with Crippen LogP contribution in [0.5, 0.6) is 5.88 Å². The number of nitrogens with one attached hydrogen (secondary N) is 1. The minimum absolute atomic E-state index is 0.0669. The Morgan fingerprint density at radius 1 is 1.17 bits per heavy atom. The third kappa shape index (κ3) is 4.51. The van der Waals surface area contributed by atoms with Gasteiger partial charge in [0.25, 0.3) is 5.91 Å². The molecule has 1 N–H and O–H groups in total. The zero-order valence-electron chi connectivity index (χ0n) is 17.4. The molecule has 0 spiro atoms. The lowest BCUT2D eigenvalue weighted by Crippen LogP contribution is -2.29. The summed E-state index contributed by atoms with van der Waals surface area (Å²) in [6, 6.07) is 12.1. The van der Waals surface area contributed by atoms with Gasteiger partial charge in [-0.25, -0.2) is 10.4 Å². The van der Waals surface area contributed by atoms with Crippen LogP contribution in [0.2, 0.25) is 5.02 Å². The number of halogens is 1. The molecule has 0 radical (unpaired) electrons. The number of hydrazone groups is 1. The van der Waals surface area contributed by atoms with Crippen LogP contribution in [0.1, 0.15) is 50.4 Å². The van der Waals surface area contributed by atoms with Gasteiger partial charge in [0.15, 0.2) is 0 Å². The van der Waals surface area contributed by atoms with Gasteiger partial charge >= 0.3 is 0 Å². The Kier molecular flexibility index (Phi) is 5.80. The molecule has 1 aromatic carbocycles. The molecule has 2 atom stereocenters. The lowest BCUT2D eigenvalue weighted by atomic mass is 9.84. The van der Waals surface area contributed by atoms with Crippen LogP contribution < -0.4 is 10.2 Å². The highest BCUT2D eigenvalue weighted by molar-refractivity contribution is 6.31. The molecule has 2 aromatic rings. The van der Waals surface area contributed by atoms with Gasteiger partial charge in [-0.3, -0.25) is 4.79 Å². The number of allylic oxidation sites excluding steroid dienone is 1. The maximum atomic E-state index is 12.1. The summed E-state index contributed by atoms with van der Waals surface area (Å²) in [7, 11) is 1.54. The summed E-state index contributed by atoms with van der Waals surface area (Å²) in [6.45, 7) is 8.38. The lowest BCUT2D eigenvalue weighted by molar-refractivity contribution is -0.123. The van der Waals surface area contributed by atoms with Gasteiger partial charge in [0.1, 0.15) is 10.4 Å². The number of ether oxygens (including phenoxy) is 1. The zero-order valence-corrected chi connectivity index (χ0v) is 18.1. The summed E-state index contributed by atoms with van der Waals surface area (Å²) >= 11 is 6.16. The number of rotatable bonds is 5. The van der Waals surface area contributed by atoms with E-state index in [0.717, 1.165) is 11.3 Å². The Balaban J connectivity index is 2.04. The highest BCUT2D eigenvalue weighted by Crippen LogP contribution is 2.33. The average molecular weight is 412 g/mol. The first-order valence-electron chi connectivity index (χ1n) is 9.49. The van der Waals surface area contributed by atoms with E-state index in [1.807, 2.05) is 25.1 Å². The molecule has 3 rings (SSSR count). The van der Waals surface area contributed by atoms with Crippen molar-refractivity contribution in [2.24, 2.45) is 10.5 Å². The molecule has 1 aliphatic heterocycles. The quantitative estimate of drug-likeness (QED) is 0.715. The topological polar surface area (TPSA) is 63.6 Å². The van der Waals surface area contributed by atoms with Crippen molar-refractivity contribution in [2.45, 2.75) is 39.0 Å². The molecule has 2 heterocycles. The molecule has 6 heteroatoms. The molecule has 152 valence electrons. The first-order valence-corrected chi connectivity index (χ1v) is 9.87. The van der Waals surface area contributed by atoms with Gasteiger partial charge in [0.05, 0.1) is 12.8 Å². The van der Waals surface area contributed by atoms with Crippen LogP contribution in [0.15, 0.2) is 53.7 Å². The monoisotopic (exact) mass is 411 g/mol. The molecular formula is C23H26ClN3O2. The smallest absolute Gasteiger partial charge is 0.255 e. The molecule has 0 saturated carbocycles. The second-order valence-electron chi connectivity index (χ2n) is 8.42. The second kappa shape index (κ2) is 7.99. The number of carbonyl (C=O) groups is 1.